The number of quaternary nitrogens is 1. The Morgan fingerprint density at radius 3 is 2.25 bits per heavy atom. The Bertz CT molecular complexity index is 98.6. The fourth-order valence-corrected chi connectivity index (χ4v) is 0.652. The lowest BCUT2D eigenvalue weighted by Crippen LogP contribution is -2.35. The van der Waals surface area contributed by atoms with E-state index in [0.717, 1.165) is 11.0 Å². The Labute approximate surface area is 49.5 Å². The van der Waals surface area contributed by atoms with Gasteiger partial charge in [0.2, 0.25) is 0 Å². The van der Waals surface area contributed by atoms with Crippen LogP contribution in [0.4, 0.5) is 0 Å². The van der Waals surface area contributed by atoms with Gasteiger partial charge in [-0.15, -0.1) is 0 Å². The zero-order valence-corrected chi connectivity index (χ0v) is 5.33. The predicted molar refractivity (Wildman–Crippen MR) is 32.3 cm³/mol. The van der Waals surface area contributed by atoms with Crippen LogP contribution >= 0.6 is 0 Å². The van der Waals surface area contributed by atoms with Gasteiger partial charge in [0.25, 0.3) is 0 Å². The van der Waals surface area contributed by atoms with Gasteiger partial charge in [0.15, 0.2) is 6.34 Å². The van der Waals surface area contributed by atoms with Crippen molar-refractivity contribution in [1.29, 1.82) is 0 Å². The molecule has 0 amide bonds. The molecule has 1 aliphatic rings. The van der Waals surface area contributed by atoms with Gasteiger partial charge in [0.05, 0.1) is 20.6 Å². The van der Waals surface area contributed by atoms with Crippen molar-refractivity contribution < 1.29 is 9.96 Å². The molecule has 1 rings (SSSR count). The van der Waals surface area contributed by atoms with Crippen LogP contribution in [-0.2, 0) is 0 Å². The second-order valence-electron chi connectivity index (χ2n) is 2.52. The molecule has 8 heavy (non-hydrogen) atoms. The normalized spacial score (nSPS) is 22.8. The van der Waals surface area contributed by atoms with Crippen LogP contribution in [0.25, 0.3) is 0 Å². The monoisotopic (exact) mass is 116 g/mol. The summed E-state index contributed by atoms with van der Waals surface area (Å²) in [4.78, 5) is 4.08. The van der Waals surface area contributed by atoms with Crippen molar-refractivity contribution in [2.24, 2.45) is 4.99 Å². The molecule has 3 nitrogen and oxygen atoms in total. The molecule has 0 saturated heterocycles. The summed E-state index contributed by atoms with van der Waals surface area (Å²) >= 11 is 0. The molecule has 0 radical (unpaired) electrons. The van der Waals surface area contributed by atoms with Crippen LogP contribution in [0.1, 0.15) is 0 Å². The Balaban J connectivity index is 0.000000490. The first kappa shape index (κ1) is 7.59. The molecular weight excluding hydrogens is 104 g/mol. The van der Waals surface area contributed by atoms with Gasteiger partial charge in [-0.05, 0) is 0 Å². The quantitative estimate of drug-likeness (QED) is 0.408. The van der Waals surface area contributed by atoms with E-state index < -0.39 is 0 Å². The van der Waals surface area contributed by atoms with Gasteiger partial charge in [-0.25, -0.2) is 4.99 Å². The van der Waals surface area contributed by atoms with E-state index >= 15 is 0 Å². The largest absolute Gasteiger partial charge is 0.870 e. The van der Waals surface area contributed by atoms with E-state index in [2.05, 4.69) is 19.1 Å². The highest BCUT2D eigenvalue weighted by Gasteiger charge is 2.15. The Morgan fingerprint density at radius 2 is 2.12 bits per heavy atom. The summed E-state index contributed by atoms with van der Waals surface area (Å²) in [6.07, 6.45) is 1.99. The molecule has 3 heteroatoms. The molecule has 0 aromatic heterocycles. The minimum absolute atomic E-state index is 0. The van der Waals surface area contributed by atoms with Crippen LogP contribution in [0.15, 0.2) is 4.99 Å². The van der Waals surface area contributed by atoms with E-state index in [1.54, 1.807) is 0 Å². The van der Waals surface area contributed by atoms with E-state index in [9.17, 15) is 0 Å². The summed E-state index contributed by atoms with van der Waals surface area (Å²) in [6, 6.07) is 0. The maximum absolute atomic E-state index is 4.08. The zero-order valence-electron chi connectivity index (χ0n) is 5.33. The lowest BCUT2D eigenvalue weighted by Gasteiger charge is -2.16. The predicted octanol–water partition coefficient (Wildman–Crippen LogP) is -0.0721. The van der Waals surface area contributed by atoms with Crippen molar-refractivity contribution >= 4 is 6.34 Å². The van der Waals surface area contributed by atoms with Gasteiger partial charge in [-0.2, -0.15) is 0 Å². The lowest BCUT2D eigenvalue weighted by molar-refractivity contribution is -0.784. The number of aliphatic imine (C=N–C) groups is 1. The van der Waals surface area contributed by atoms with Crippen LogP contribution in [0.3, 0.4) is 0 Å². The first-order valence-electron chi connectivity index (χ1n) is 2.54. The molecule has 0 saturated carbocycles. The van der Waals surface area contributed by atoms with Gasteiger partial charge < -0.3 is 5.48 Å². The fourth-order valence-electron chi connectivity index (χ4n) is 0.652. The number of rotatable bonds is 0. The third-order valence-electron chi connectivity index (χ3n) is 1.20. The molecule has 1 N–H and O–H groups in total. The molecular formula is C5H12N2O. The molecule has 0 bridgehead atoms. The van der Waals surface area contributed by atoms with E-state index in [1.165, 1.54) is 6.54 Å². The zero-order chi connectivity index (χ0) is 5.33. The molecule has 1 heterocycles. The van der Waals surface area contributed by atoms with Crippen LogP contribution in [0.5, 0.6) is 0 Å². The second kappa shape index (κ2) is 2.24. The first-order valence-corrected chi connectivity index (χ1v) is 2.54. The van der Waals surface area contributed by atoms with Crippen molar-refractivity contribution in [1.82, 2.24) is 0 Å². The molecule has 0 aromatic carbocycles. The van der Waals surface area contributed by atoms with E-state index in [1.807, 2.05) is 6.34 Å². The third-order valence-corrected chi connectivity index (χ3v) is 1.20. The summed E-state index contributed by atoms with van der Waals surface area (Å²) in [5, 5.41) is 0. The highest BCUT2D eigenvalue weighted by Crippen LogP contribution is 1.97. The third kappa shape index (κ3) is 1.60. The van der Waals surface area contributed by atoms with Gasteiger partial charge in [0, 0.05) is 0 Å². The maximum atomic E-state index is 4.08. The summed E-state index contributed by atoms with van der Waals surface area (Å²) in [5.41, 5.74) is 0. The molecule has 0 unspecified atom stereocenters. The molecule has 0 spiro atoms. The second-order valence-corrected chi connectivity index (χ2v) is 2.52. The van der Waals surface area contributed by atoms with E-state index in [0.29, 0.717) is 0 Å². The fraction of sp³-hybridized carbons (Fsp3) is 0.800. The number of nitrogens with zero attached hydrogens (tertiary/aromatic N) is 2. The molecule has 1 aliphatic heterocycles. The maximum Gasteiger partial charge on any atom is 0.185 e. The lowest BCUT2D eigenvalue weighted by atomic mass is 10.6. The average molecular weight is 116 g/mol. The van der Waals surface area contributed by atoms with Crippen molar-refractivity contribution in [2.45, 2.75) is 0 Å². The van der Waals surface area contributed by atoms with Crippen molar-refractivity contribution in [3.8, 4) is 0 Å². The first-order chi connectivity index (χ1) is 3.21. The van der Waals surface area contributed by atoms with Crippen molar-refractivity contribution in [3.05, 3.63) is 0 Å². The highest BCUT2D eigenvalue weighted by molar-refractivity contribution is 5.47. The van der Waals surface area contributed by atoms with Gasteiger partial charge in [0.1, 0.15) is 6.54 Å². The Hall–Kier alpha value is -0.410. The van der Waals surface area contributed by atoms with Crippen molar-refractivity contribution in [2.75, 3.05) is 27.2 Å². The topological polar surface area (TPSA) is 42.4 Å². The molecule has 48 valence electrons. The van der Waals surface area contributed by atoms with Gasteiger partial charge >= 0.3 is 0 Å². The number of hydrogen-bond donors (Lipinski definition) is 0. The van der Waals surface area contributed by atoms with Crippen LogP contribution < -0.4 is 0 Å². The van der Waals surface area contributed by atoms with Crippen LogP contribution in [0.2, 0.25) is 0 Å². The Kier molecular flexibility index (Phi) is 2.12. The van der Waals surface area contributed by atoms with Crippen LogP contribution in [-0.4, -0.2) is 43.5 Å². The minimum Gasteiger partial charge on any atom is -0.870 e. The summed E-state index contributed by atoms with van der Waals surface area (Å²) in [5.74, 6) is 0. The number of likely N-dealkylation sites (N-methyl/N-ethyl adjacent to an activating group) is 1. The van der Waals surface area contributed by atoms with Crippen molar-refractivity contribution in [3.63, 3.8) is 0 Å². The van der Waals surface area contributed by atoms with Crippen LogP contribution in [0, 0.1) is 0 Å². The van der Waals surface area contributed by atoms with Gasteiger partial charge in [-0.3, -0.25) is 4.48 Å². The highest BCUT2D eigenvalue weighted by atomic mass is 16.0. The molecule has 0 atom stereocenters. The number of hydrogen-bond acceptors (Lipinski definition) is 2. The summed E-state index contributed by atoms with van der Waals surface area (Å²) < 4.78 is 0.958. The molecule has 0 aliphatic carbocycles. The van der Waals surface area contributed by atoms with Gasteiger partial charge in [-0.1, -0.05) is 0 Å². The molecule has 0 fully saturated rings. The summed E-state index contributed by atoms with van der Waals surface area (Å²) in [7, 11) is 4.30. The molecule has 0 aromatic rings. The summed E-state index contributed by atoms with van der Waals surface area (Å²) in [6.45, 7) is 2.17. The Morgan fingerprint density at radius 1 is 1.50 bits per heavy atom. The minimum atomic E-state index is 0. The smallest absolute Gasteiger partial charge is 0.185 e. The van der Waals surface area contributed by atoms with E-state index in [-0.39, 0.29) is 5.48 Å². The van der Waals surface area contributed by atoms with E-state index in [4.69, 9.17) is 0 Å². The average Bonchev–Trinajstić information content (AvgIpc) is 1.84. The standard InChI is InChI=1S/C5H11N2.H2O/c1-7(2)4-3-6-5-7;/h5H,3-4H2,1-2H3;1H2/q+1;/p-1. The SMILES string of the molecule is C[N+]1(C)C=NCC1.[OH-].